The van der Waals surface area contributed by atoms with Crippen molar-refractivity contribution in [3.8, 4) is 0 Å². The van der Waals surface area contributed by atoms with Crippen LogP contribution in [0.5, 0.6) is 0 Å². The van der Waals surface area contributed by atoms with Crippen LogP contribution in [0.4, 0.5) is 0 Å². The molecule has 1 fully saturated rings. The zero-order valence-electron chi connectivity index (χ0n) is 13.9. The van der Waals surface area contributed by atoms with E-state index in [2.05, 4.69) is 3.77 Å². The van der Waals surface area contributed by atoms with E-state index in [4.69, 9.17) is 0 Å². The molecule has 0 amide bonds. The van der Waals surface area contributed by atoms with Gasteiger partial charge in [-0.15, -0.1) is 3.77 Å². The molecule has 0 saturated heterocycles. The second kappa shape index (κ2) is 7.62. The van der Waals surface area contributed by atoms with Crippen molar-refractivity contribution in [3.05, 3.63) is 60.2 Å². The Bertz CT molecular complexity index is 806. The second-order valence-electron chi connectivity index (χ2n) is 6.25. The Labute approximate surface area is 147 Å². The largest absolute Gasteiger partial charge is 0.288 e. The number of aryl methyl sites for hydroxylation is 1. The summed E-state index contributed by atoms with van der Waals surface area (Å²) in [6.07, 6.45) is 5.70. The molecule has 1 saturated carbocycles. The zero-order chi connectivity index (χ0) is 17.0. The van der Waals surface area contributed by atoms with Crippen molar-refractivity contribution in [2.24, 2.45) is 3.77 Å². The van der Waals surface area contributed by atoms with Crippen LogP contribution in [0.3, 0.4) is 0 Å². The monoisotopic (exact) mass is 361 g/mol. The maximum Gasteiger partial charge on any atom is 0.288 e. The fraction of sp³-hybridized carbons (Fsp3) is 0.368. The highest BCUT2D eigenvalue weighted by Crippen LogP contribution is 2.29. The molecule has 0 radical (unpaired) electrons. The molecule has 24 heavy (non-hydrogen) atoms. The fourth-order valence-corrected chi connectivity index (χ4v) is 7.11. The SMILES string of the molecule is Cc1ccc(S(=O)(=O)/N=[S@@](/c2ccccc2)C2CCCCC2)cc1. The first kappa shape index (κ1) is 17.4. The number of sulfonamides is 1. The maximum atomic E-state index is 12.8. The van der Waals surface area contributed by atoms with E-state index in [1.54, 1.807) is 12.1 Å². The third kappa shape index (κ3) is 4.14. The lowest BCUT2D eigenvalue weighted by molar-refractivity contribution is 0.514. The van der Waals surface area contributed by atoms with E-state index in [0.29, 0.717) is 5.25 Å². The van der Waals surface area contributed by atoms with Crippen molar-refractivity contribution in [2.75, 3.05) is 0 Å². The molecular weight excluding hydrogens is 338 g/mol. The molecule has 0 unspecified atom stereocenters. The van der Waals surface area contributed by atoms with Gasteiger partial charge in [0.15, 0.2) is 0 Å². The van der Waals surface area contributed by atoms with Gasteiger partial charge in [-0.3, -0.25) is 0 Å². The molecule has 0 heterocycles. The molecule has 3 nitrogen and oxygen atoms in total. The maximum absolute atomic E-state index is 12.8. The van der Waals surface area contributed by atoms with E-state index < -0.39 is 20.7 Å². The number of benzene rings is 2. The molecule has 0 aromatic heterocycles. The summed E-state index contributed by atoms with van der Waals surface area (Å²) in [4.78, 5) is 1.32. The Hall–Kier alpha value is -1.46. The number of hydrogen-bond acceptors (Lipinski definition) is 2. The Balaban J connectivity index is 2.03. The van der Waals surface area contributed by atoms with Gasteiger partial charge in [0.2, 0.25) is 0 Å². The second-order valence-corrected chi connectivity index (χ2v) is 10.0. The van der Waals surface area contributed by atoms with Gasteiger partial charge in [-0.05, 0) is 54.7 Å². The Morgan fingerprint density at radius 3 is 2.17 bits per heavy atom. The van der Waals surface area contributed by atoms with E-state index in [9.17, 15) is 8.42 Å². The van der Waals surface area contributed by atoms with Crippen LogP contribution in [0, 0.1) is 6.92 Å². The van der Waals surface area contributed by atoms with Crippen LogP contribution in [0.1, 0.15) is 37.7 Å². The lowest BCUT2D eigenvalue weighted by Gasteiger charge is -2.24. The van der Waals surface area contributed by atoms with Crippen LogP contribution in [0.15, 0.2) is 68.2 Å². The molecule has 0 spiro atoms. The summed E-state index contributed by atoms with van der Waals surface area (Å²) in [5.41, 5.74) is 1.04. The van der Waals surface area contributed by atoms with Crippen molar-refractivity contribution in [3.63, 3.8) is 0 Å². The van der Waals surface area contributed by atoms with E-state index in [-0.39, 0.29) is 4.90 Å². The molecule has 1 atom stereocenters. The zero-order valence-corrected chi connectivity index (χ0v) is 15.5. The van der Waals surface area contributed by atoms with Gasteiger partial charge < -0.3 is 0 Å². The number of rotatable bonds is 4. The highest BCUT2D eigenvalue weighted by Gasteiger charge is 2.23. The highest BCUT2D eigenvalue weighted by molar-refractivity contribution is 8.00. The minimum atomic E-state index is -3.64. The third-order valence-electron chi connectivity index (χ3n) is 4.35. The van der Waals surface area contributed by atoms with Crippen LogP contribution in [0.2, 0.25) is 0 Å². The molecule has 2 aromatic carbocycles. The third-order valence-corrected chi connectivity index (χ3v) is 8.50. The molecule has 5 heteroatoms. The summed E-state index contributed by atoms with van der Waals surface area (Å²) in [5.74, 6) is 0. The van der Waals surface area contributed by atoms with Gasteiger partial charge in [0.25, 0.3) is 10.0 Å². The van der Waals surface area contributed by atoms with Crippen LogP contribution < -0.4 is 0 Å². The average Bonchev–Trinajstić information content (AvgIpc) is 2.62. The van der Waals surface area contributed by atoms with Crippen LogP contribution >= 0.6 is 0 Å². The van der Waals surface area contributed by atoms with Crippen molar-refractivity contribution in [1.82, 2.24) is 0 Å². The molecule has 0 aliphatic heterocycles. The normalized spacial score (nSPS) is 17.7. The van der Waals surface area contributed by atoms with E-state index >= 15 is 0 Å². The molecule has 128 valence electrons. The Morgan fingerprint density at radius 1 is 0.917 bits per heavy atom. The van der Waals surface area contributed by atoms with Crippen molar-refractivity contribution in [2.45, 2.75) is 54.1 Å². The molecule has 0 bridgehead atoms. The molecule has 1 aliphatic rings. The smallest absolute Gasteiger partial charge is 0.199 e. The lowest BCUT2D eigenvalue weighted by Crippen LogP contribution is -2.19. The number of nitrogens with zero attached hydrogens (tertiary/aromatic N) is 1. The molecule has 1 aliphatic carbocycles. The lowest BCUT2D eigenvalue weighted by atomic mass is 10.0. The van der Waals surface area contributed by atoms with Crippen molar-refractivity contribution < 1.29 is 8.42 Å². The Kier molecular flexibility index (Phi) is 5.51. The summed E-state index contributed by atoms with van der Waals surface area (Å²) in [5, 5.41) is 0.335. The van der Waals surface area contributed by atoms with Crippen molar-refractivity contribution >= 4 is 20.7 Å². The molecular formula is C19H23NO2S2. The summed E-state index contributed by atoms with van der Waals surface area (Å²) in [7, 11) is -4.25. The minimum Gasteiger partial charge on any atom is -0.199 e. The summed E-state index contributed by atoms with van der Waals surface area (Å²) >= 11 is 0. The summed E-state index contributed by atoms with van der Waals surface area (Å²) in [6, 6.07) is 16.9. The molecule has 0 N–H and O–H groups in total. The predicted octanol–water partition coefficient (Wildman–Crippen LogP) is 4.88. The quantitative estimate of drug-likeness (QED) is 0.779. The molecule has 3 rings (SSSR count). The molecule has 2 aromatic rings. The topological polar surface area (TPSA) is 46.5 Å². The van der Waals surface area contributed by atoms with Gasteiger partial charge in [0.1, 0.15) is 0 Å². The van der Waals surface area contributed by atoms with Gasteiger partial charge in [0.05, 0.1) is 4.90 Å². The van der Waals surface area contributed by atoms with Crippen LogP contribution in [-0.4, -0.2) is 13.7 Å². The Morgan fingerprint density at radius 2 is 1.54 bits per heavy atom. The van der Waals surface area contributed by atoms with Gasteiger partial charge in [-0.2, -0.15) is 8.42 Å². The summed E-state index contributed by atoms with van der Waals surface area (Å²) in [6.45, 7) is 1.95. The van der Waals surface area contributed by atoms with Crippen LogP contribution in [0.25, 0.3) is 0 Å². The van der Waals surface area contributed by atoms with Gasteiger partial charge in [-0.1, -0.05) is 55.2 Å². The van der Waals surface area contributed by atoms with E-state index in [1.807, 2.05) is 49.4 Å². The van der Waals surface area contributed by atoms with Crippen molar-refractivity contribution in [1.29, 1.82) is 0 Å². The van der Waals surface area contributed by atoms with Gasteiger partial charge in [0, 0.05) is 10.1 Å². The van der Waals surface area contributed by atoms with E-state index in [0.717, 1.165) is 23.3 Å². The fourth-order valence-electron chi connectivity index (χ4n) is 3.00. The number of hydrogen-bond donors (Lipinski definition) is 0. The van der Waals surface area contributed by atoms with E-state index in [1.165, 1.54) is 19.3 Å². The predicted molar refractivity (Wildman–Crippen MR) is 99.7 cm³/mol. The first-order valence-corrected chi connectivity index (χ1v) is 11.1. The highest BCUT2D eigenvalue weighted by atomic mass is 32.3. The van der Waals surface area contributed by atoms with Crippen LogP contribution in [-0.2, 0) is 20.7 Å². The standard InChI is InChI=1S/C19H23NO2S2/c1-16-12-14-19(15-13-16)24(21,22)20-23(17-8-4-2-5-9-17)18-10-6-3-7-11-18/h2,4-5,8-9,12-15,18H,3,6-7,10-11H2,1H3/t23-/m0/s1. The first-order chi connectivity index (χ1) is 11.6. The van der Waals surface area contributed by atoms with Gasteiger partial charge >= 0.3 is 0 Å². The summed E-state index contributed by atoms with van der Waals surface area (Å²) < 4.78 is 30.0. The average molecular weight is 362 g/mol. The first-order valence-electron chi connectivity index (χ1n) is 8.39. The minimum absolute atomic E-state index is 0.289. The van der Waals surface area contributed by atoms with Gasteiger partial charge in [-0.25, -0.2) is 0 Å².